The second-order valence-corrected chi connectivity index (χ2v) is 5.68. The Hall–Kier alpha value is -2.88. The number of hydrogen-bond acceptors (Lipinski definition) is 6. The topological polar surface area (TPSA) is 150 Å². The maximum Gasteiger partial charge on any atom is 0.337 e. The van der Waals surface area contributed by atoms with Crippen molar-refractivity contribution in [3.63, 3.8) is 0 Å². The molecule has 1 aliphatic heterocycles. The molecule has 0 radical (unpaired) electrons. The predicted octanol–water partition coefficient (Wildman–Crippen LogP) is 0.763. The lowest BCUT2D eigenvalue weighted by atomic mass is 10.1. The zero-order chi connectivity index (χ0) is 17.1. The molecule has 1 aromatic rings. The minimum Gasteiger partial charge on any atom is -0.478 e. The smallest absolute Gasteiger partial charge is 0.337 e. The van der Waals surface area contributed by atoms with Crippen LogP contribution in [0.15, 0.2) is 18.2 Å². The fourth-order valence-corrected chi connectivity index (χ4v) is 2.68. The van der Waals surface area contributed by atoms with Crippen LogP contribution in [0.5, 0.6) is 0 Å². The van der Waals surface area contributed by atoms with Crippen LogP contribution in [-0.4, -0.2) is 44.5 Å². The van der Waals surface area contributed by atoms with E-state index in [-0.39, 0.29) is 23.2 Å². The number of anilines is 1. The Labute approximate surface area is 133 Å². The molecule has 0 spiro atoms. The van der Waals surface area contributed by atoms with E-state index in [2.05, 4.69) is 5.32 Å². The van der Waals surface area contributed by atoms with E-state index in [0.717, 1.165) is 18.2 Å². The third-order valence-electron chi connectivity index (χ3n) is 2.91. The van der Waals surface area contributed by atoms with Crippen LogP contribution < -0.4 is 10.6 Å². The summed E-state index contributed by atoms with van der Waals surface area (Å²) in [6.07, 6.45) is -0.349. The molecule has 0 unspecified atom stereocenters. The highest BCUT2D eigenvalue weighted by Gasteiger charge is 2.33. The molecule has 0 aromatic heterocycles. The van der Waals surface area contributed by atoms with Gasteiger partial charge in [0.25, 0.3) is 5.24 Å². The molecule has 4 N–H and O–H groups in total. The molecule has 1 aliphatic rings. The lowest BCUT2D eigenvalue weighted by Crippen LogP contribution is -2.28. The molecule has 2 rings (SSSR count). The number of nitrogens with one attached hydrogen (secondary N) is 2. The Morgan fingerprint density at radius 3 is 2.39 bits per heavy atom. The summed E-state index contributed by atoms with van der Waals surface area (Å²) in [5, 5.41) is 20.8. The van der Waals surface area contributed by atoms with Crippen molar-refractivity contribution < 1.29 is 34.2 Å². The van der Waals surface area contributed by atoms with E-state index in [4.69, 9.17) is 10.2 Å². The van der Waals surface area contributed by atoms with Crippen molar-refractivity contribution in [2.24, 2.45) is 0 Å². The molecule has 1 atom stereocenters. The van der Waals surface area contributed by atoms with Gasteiger partial charge in [0.05, 0.1) is 16.8 Å². The van der Waals surface area contributed by atoms with Crippen molar-refractivity contribution in [1.82, 2.24) is 5.32 Å². The van der Waals surface area contributed by atoms with Crippen molar-refractivity contribution in [2.75, 3.05) is 5.32 Å². The average molecular weight is 338 g/mol. The second kappa shape index (κ2) is 6.48. The van der Waals surface area contributed by atoms with E-state index < -0.39 is 34.2 Å². The standard InChI is InChI=1S/C13H10N2O7S/c16-9(4-8-10(17)15-13(22)23-8)14-7-3-5(11(18)19)1-2-6(7)12(20)21/h1-3,8H,4H2,(H,14,16)(H,18,19)(H,20,21)(H,15,17,22)/t8-/m1/s1. The quantitative estimate of drug-likeness (QED) is 0.614. The Morgan fingerprint density at radius 1 is 1.17 bits per heavy atom. The van der Waals surface area contributed by atoms with Crippen molar-refractivity contribution in [1.29, 1.82) is 0 Å². The molecule has 9 nitrogen and oxygen atoms in total. The summed E-state index contributed by atoms with van der Waals surface area (Å²) < 4.78 is 0. The minimum atomic E-state index is -1.35. The lowest BCUT2D eigenvalue weighted by Gasteiger charge is -2.10. The van der Waals surface area contributed by atoms with Gasteiger partial charge in [-0.25, -0.2) is 9.59 Å². The molecule has 10 heteroatoms. The van der Waals surface area contributed by atoms with E-state index >= 15 is 0 Å². The predicted molar refractivity (Wildman–Crippen MR) is 78.5 cm³/mol. The van der Waals surface area contributed by atoms with Gasteiger partial charge in [0.1, 0.15) is 5.25 Å². The second-order valence-electron chi connectivity index (χ2n) is 4.51. The summed E-state index contributed by atoms with van der Waals surface area (Å²) in [4.78, 5) is 56.4. The van der Waals surface area contributed by atoms with Gasteiger partial charge in [0.2, 0.25) is 11.8 Å². The van der Waals surface area contributed by atoms with Crippen LogP contribution in [0.4, 0.5) is 10.5 Å². The van der Waals surface area contributed by atoms with Crippen LogP contribution in [0.2, 0.25) is 0 Å². The number of imide groups is 1. The Morgan fingerprint density at radius 2 is 1.87 bits per heavy atom. The van der Waals surface area contributed by atoms with Crippen LogP contribution in [0.3, 0.4) is 0 Å². The number of benzene rings is 1. The Kier molecular flexibility index (Phi) is 4.65. The van der Waals surface area contributed by atoms with Gasteiger partial charge >= 0.3 is 11.9 Å². The maximum absolute atomic E-state index is 11.9. The van der Waals surface area contributed by atoms with Gasteiger partial charge in [-0.3, -0.25) is 19.7 Å². The molecule has 1 fully saturated rings. The van der Waals surface area contributed by atoms with Crippen molar-refractivity contribution in [2.45, 2.75) is 11.7 Å². The number of aromatic carboxylic acids is 2. The van der Waals surface area contributed by atoms with E-state index in [9.17, 15) is 24.0 Å². The fourth-order valence-electron chi connectivity index (χ4n) is 1.86. The minimum absolute atomic E-state index is 0.197. The SMILES string of the molecule is O=C(C[C@H]1SC(=O)NC1=O)Nc1cc(C(=O)O)ccc1C(=O)O. The molecule has 120 valence electrons. The zero-order valence-corrected chi connectivity index (χ0v) is 12.2. The molecule has 3 amide bonds. The number of rotatable bonds is 5. The van der Waals surface area contributed by atoms with Gasteiger partial charge < -0.3 is 15.5 Å². The molecular weight excluding hydrogens is 328 g/mol. The van der Waals surface area contributed by atoms with E-state index in [1.54, 1.807) is 0 Å². The van der Waals surface area contributed by atoms with Gasteiger partial charge in [-0.05, 0) is 18.2 Å². The highest BCUT2D eigenvalue weighted by Crippen LogP contribution is 2.24. The third kappa shape index (κ3) is 3.86. The van der Waals surface area contributed by atoms with Gasteiger partial charge in [-0.1, -0.05) is 11.8 Å². The van der Waals surface area contributed by atoms with Crippen molar-refractivity contribution >= 4 is 46.4 Å². The lowest BCUT2D eigenvalue weighted by molar-refractivity contribution is -0.122. The number of carboxylic acid groups (broad SMARTS) is 2. The number of hydrogen-bond donors (Lipinski definition) is 4. The number of amides is 3. The first-order chi connectivity index (χ1) is 10.8. The summed E-state index contributed by atoms with van der Waals surface area (Å²) in [5.41, 5.74) is -0.687. The number of thioether (sulfide) groups is 1. The molecule has 0 saturated carbocycles. The van der Waals surface area contributed by atoms with Crippen molar-refractivity contribution in [3.8, 4) is 0 Å². The van der Waals surface area contributed by atoms with Gasteiger partial charge in [-0.15, -0.1) is 0 Å². The molecular formula is C13H10N2O7S. The van der Waals surface area contributed by atoms with Crippen molar-refractivity contribution in [3.05, 3.63) is 29.3 Å². The summed E-state index contributed by atoms with van der Waals surface area (Å²) in [7, 11) is 0. The largest absolute Gasteiger partial charge is 0.478 e. The van der Waals surface area contributed by atoms with Crippen LogP contribution in [0.25, 0.3) is 0 Å². The first kappa shape index (κ1) is 16.5. The summed E-state index contributed by atoms with van der Waals surface area (Å²) in [6.45, 7) is 0. The molecule has 0 aliphatic carbocycles. The summed E-state index contributed by atoms with van der Waals surface area (Å²) in [5.74, 6) is -3.94. The summed E-state index contributed by atoms with van der Waals surface area (Å²) in [6, 6.07) is 3.17. The molecule has 0 bridgehead atoms. The number of carboxylic acids is 2. The zero-order valence-electron chi connectivity index (χ0n) is 11.4. The van der Waals surface area contributed by atoms with Gasteiger partial charge in [-0.2, -0.15) is 0 Å². The number of carbonyl (C=O) groups excluding carboxylic acids is 3. The van der Waals surface area contributed by atoms with Crippen LogP contribution in [0.1, 0.15) is 27.1 Å². The third-order valence-corrected chi connectivity index (χ3v) is 3.89. The van der Waals surface area contributed by atoms with E-state index in [1.807, 2.05) is 5.32 Å². The van der Waals surface area contributed by atoms with Crippen LogP contribution in [-0.2, 0) is 9.59 Å². The summed E-state index contributed by atoms with van der Waals surface area (Å²) >= 11 is 0.660. The monoisotopic (exact) mass is 338 g/mol. The fraction of sp³-hybridized carbons (Fsp3) is 0.154. The van der Waals surface area contributed by atoms with Gasteiger partial charge in [0.15, 0.2) is 0 Å². The highest BCUT2D eigenvalue weighted by atomic mass is 32.2. The molecule has 1 aromatic carbocycles. The normalized spacial score (nSPS) is 16.8. The molecule has 1 saturated heterocycles. The van der Waals surface area contributed by atoms with Crippen LogP contribution >= 0.6 is 11.8 Å². The Bertz CT molecular complexity index is 731. The highest BCUT2D eigenvalue weighted by molar-refractivity contribution is 8.15. The Balaban J connectivity index is 2.17. The number of carbonyl (C=O) groups is 5. The molecule has 23 heavy (non-hydrogen) atoms. The maximum atomic E-state index is 11.9. The average Bonchev–Trinajstić information content (AvgIpc) is 2.76. The molecule has 1 heterocycles. The first-order valence-corrected chi connectivity index (χ1v) is 7.08. The van der Waals surface area contributed by atoms with E-state index in [1.165, 1.54) is 0 Å². The van der Waals surface area contributed by atoms with E-state index in [0.29, 0.717) is 11.8 Å². The van der Waals surface area contributed by atoms with Gasteiger partial charge in [0, 0.05) is 6.42 Å². The first-order valence-electron chi connectivity index (χ1n) is 6.20. The van der Waals surface area contributed by atoms with Crippen LogP contribution in [0, 0.1) is 0 Å².